The molecule has 36 heavy (non-hydrogen) atoms. The summed E-state index contributed by atoms with van der Waals surface area (Å²) in [5.41, 5.74) is 3.08. The van der Waals surface area contributed by atoms with Crippen molar-refractivity contribution in [1.29, 1.82) is 0 Å². The second-order valence-electron chi connectivity index (χ2n) is 8.42. The van der Waals surface area contributed by atoms with Crippen LogP contribution in [0.3, 0.4) is 0 Å². The standard InChI is InChI=1S/C27H25N3O6/c1-33-7-8-35-26-13-20-19(11-25(26)34-2)27(29-15-28-20)30-21-12-23(32)24(14-22(21)31)36-18-9-16-5-3-4-6-17(16)10-18/h3-6,11-15,18H,7-10H2,1-2H3,(H,28,29,30). The lowest BCUT2D eigenvalue weighted by Gasteiger charge is -2.18. The summed E-state index contributed by atoms with van der Waals surface area (Å²) in [6, 6.07) is 11.5. The maximum Gasteiger partial charge on any atom is 0.222 e. The van der Waals surface area contributed by atoms with E-state index in [1.54, 1.807) is 19.2 Å². The third kappa shape index (κ3) is 4.78. The number of carbonyl (C=O) groups excluding carboxylic acids is 2. The number of fused-ring (bicyclic) bond motifs is 2. The third-order valence-electron chi connectivity index (χ3n) is 6.07. The molecule has 2 aromatic carbocycles. The van der Waals surface area contributed by atoms with Crippen LogP contribution in [0.5, 0.6) is 11.5 Å². The molecule has 1 aromatic heterocycles. The molecule has 3 aromatic rings. The Morgan fingerprint density at radius 3 is 2.44 bits per heavy atom. The predicted octanol–water partition coefficient (Wildman–Crippen LogP) is 3.18. The van der Waals surface area contributed by atoms with Crippen molar-refractivity contribution in [3.05, 3.63) is 77.5 Å². The SMILES string of the molecule is COCCOc1cc2ncnc(NC3=CC(=O)C(OC4Cc5ccccc5C4)=CC3=O)c2cc1OC. The van der Waals surface area contributed by atoms with Gasteiger partial charge in [-0.05, 0) is 17.2 Å². The lowest BCUT2D eigenvalue weighted by molar-refractivity contribution is -0.118. The number of aromatic nitrogens is 2. The minimum absolute atomic E-state index is 0.0513. The van der Waals surface area contributed by atoms with Gasteiger partial charge in [0.15, 0.2) is 17.3 Å². The lowest BCUT2D eigenvalue weighted by Crippen LogP contribution is -2.23. The number of methoxy groups -OCH3 is 2. The van der Waals surface area contributed by atoms with Gasteiger partial charge in [0.25, 0.3) is 0 Å². The van der Waals surface area contributed by atoms with E-state index in [1.807, 2.05) is 12.1 Å². The van der Waals surface area contributed by atoms with E-state index in [9.17, 15) is 9.59 Å². The number of carbonyl (C=O) groups is 2. The van der Waals surface area contributed by atoms with Crippen molar-refractivity contribution >= 4 is 28.3 Å². The van der Waals surface area contributed by atoms with Crippen molar-refractivity contribution in [3.8, 4) is 11.5 Å². The number of nitrogens with zero attached hydrogens (tertiary/aromatic N) is 2. The van der Waals surface area contributed by atoms with Crippen LogP contribution in [0.2, 0.25) is 0 Å². The number of nitrogens with one attached hydrogen (secondary N) is 1. The molecule has 0 aliphatic heterocycles. The van der Waals surface area contributed by atoms with Gasteiger partial charge in [0.1, 0.15) is 24.9 Å². The molecule has 0 fully saturated rings. The van der Waals surface area contributed by atoms with Gasteiger partial charge in [0, 0.05) is 43.6 Å². The number of hydrogen-bond donors (Lipinski definition) is 1. The second kappa shape index (κ2) is 10.2. The molecule has 0 amide bonds. The zero-order chi connectivity index (χ0) is 25.1. The van der Waals surface area contributed by atoms with Crippen molar-refractivity contribution in [2.24, 2.45) is 0 Å². The first-order valence-corrected chi connectivity index (χ1v) is 11.5. The van der Waals surface area contributed by atoms with E-state index in [2.05, 4.69) is 27.4 Å². The monoisotopic (exact) mass is 487 g/mol. The average Bonchev–Trinajstić information content (AvgIpc) is 3.29. The van der Waals surface area contributed by atoms with Gasteiger partial charge in [-0.25, -0.2) is 9.97 Å². The van der Waals surface area contributed by atoms with E-state index in [4.69, 9.17) is 18.9 Å². The van der Waals surface area contributed by atoms with Crippen molar-refractivity contribution < 1.29 is 28.5 Å². The maximum absolute atomic E-state index is 12.9. The van der Waals surface area contributed by atoms with Crippen LogP contribution in [0, 0.1) is 0 Å². The first-order valence-electron chi connectivity index (χ1n) is 11.5. The van der Waals surface area contributed by atoms with Gasteiger partial charge >= 0.3 is 0 Å². The molecule has 1 heterocycles. The minimum Gasteiger partial charge on any atom is -0.493 e. The highest BCUT2D eigenvalue weighted by Crippen LogP contribution is 2.34. The predicted molar refractivity (Wildman–Crippen MR) is 132 cm³/mol. The highest BCUT2D eigenvalue weighted by molar-refractivity contribution is 6.20. The molecule has 5 rings (SSSR count). The van der Waals surface area contributed by atoms with Crippen LogP contribution >= 0.6 is 0 Å². The molecule has 1 N–H and O–H groups in total. The van der Waals surface area contributed by atoms with Crippen molar-refractivity contribution in [1.82, 2.24) is 9.97 Å². The van der Waals surface area contributed by atoms with Gasteiger partial charge in [-0.2, -0.15) is 0 Å². The van der Waals surface area contributed by atoms with Crippen LogP contribution in [-0.2, 0) is 31.9 Å². The summed E-state index contributed by atoms with van der Waals surface area (Å²) in [7, 11) is 3.12. The number of anilines is 1. The summed E-state index contributed by atoms with van der Waals surface area (Å²) in [6.45, 7) is 0.775. The zero-order valence-electron chi connectivity index (χ0n) is 19.9. The third-order valence-corrected chi connectivity index (χ3v) is 6.07. The Balaban J connectivity index is 1.33. The molecule has 9 nitrogen and oxygen atoms in total. The molecule has 0 bridgehead atoms. The second-order valence-corrected chi connectivity index (χ2v) is 8.42. The quantitative estimate of drug-likeness (QED) is 0.360. The summed E-state index contributed by atoms with van der Waals surface area (Å²) in [6.07, 6.45) is 5.08. The summed E-state index contributed by atoms with van der Waals surface area (Å²) in [4.78, 5) is 34.2. The van der Waals surface area contributed by atoms with E-state index in [1.165, 1.54) is 36.7 Å². The highest BCUT2D eigenvalue weighted by atomic mass is 16.5. The normalized spacial score (nSPS) is 15.4. The van der Waals surface area contributed by atoms with Crippen LogP contribution in [0.15, 0.2) is 66.3 Å². The number of ether oxygens (including phenoxy) is 4. The van der Waals surface area contributed by atoms with Gasteiger partial charge in [-0.3, -0.25) is 9.59 Å². The molecule has 2 aliphatic carbocycles. The average molecular weight is 488 g/mol. The van der Waals surface area contributed by atoms with Crippen LogP contribution in [0.4, 0.5) is 5.82 Å². The van der Waals surface area contributed by atoms with E-state index in [0.29, 0.717) is 54.3 Å². The van der Waals surface area contributed by atoms with Gasteiger partial charge in [-0.15, -0.1) is 0 Å². The number of allylic oxidation sites excluding steroid dienone is 2. The van der Waals surface area contributed by atoms with Crippen LogP contribution in [-0.4, -0.2) is 55.1 Å². The summed E-state index contributed by atoms with van der Waals surface area (Å²) < 4.78 is 22.1. The molecule has 0 radical (unpaired) electrons. The number of hydrogen-bond acceptors (Lipinski definition) is 9. The molecule has 9 heteroatoms. The first kappa shape index (κ1) is 23.5. The highest BCUT2D eigenvalue weighted by Gasteiger charge is 2.28. The van der Waals surface area contributed by atoms with Crippen LogP contribution in [0.25, 0.3) is 10.9 Å². The van der Waals surface area contributed by atoms with Gasteiger partial charge < -0.3 is 24.3 Å². The van der Waals surface area contributed by atoms with E-state index in [-0.39, 0.29) is 29.1 Å². The van der Waals surface area contributed by atoms with Crippen LogP contribution in [0.1, 0.15) is 11.1 Å². The first-order chi connectivity index (χ1) is 17.6. The Morgan fingerprint density at radius 1 is 0.944 bits per heavy atom. The van der Waals surface area contributed by atoms with Crippen molar-refractivity contribution in [2.75, 3.05) is 32.8 Å². The molecular formula is C27H25N3O6. The summed E-state index contributed by atoms with van der Waals surface area (Å²) >= 11 is 0. The fraction of sp³-hybridized carbons (Fsp3) is 0.259. The Kier molecular flexibility index (Phi) is 6.64. The maximum atomic E-state index is 12.9. The van der Waals surface area contributed by atoms with Crippen LogP contribution < -0.4 is 14.8 Å². The van der Waals surface area contributed by atoms with Crippen molar-refractivity contribution in [3.63, 3.8) is 0 Å². The minimum atomic E-state index is -0.377. The van der Waals surface area contributed by atoms with E-state index >= 15 is 0 Å². The van der Waals surface area contributed by atoms with Crippen molar-refractivity contribution in [2.45, 2.75) is 18.9 Å². The van der Waals surface area contributed by atoms with E-state index < -0.39 is 0 Å². The Labute approximate surface area is 207 Å². The summed E-state index contributed by atoms with van der Waals surface area (Å²) in [5.74, 6) is 0.642. The molecule has 0 atom stereocenters. The fourth-order valence-corrected chi connectivity index (χ4v) is 4.31. The molecule has 0 spiro atoms. The molecule has 184 valence electrons. The fourth-order valence-electron chi connectivity index (χ4n) is 4.31. The van der Waals surface area contributed by atoms with Gasteiger partial charge in [-0.1, -0.05) is 24.3 Å². The Bertz CT molecular complexity index is 1370. The molecule has 0 saturated heterocycles. The molecule has 2 aliphatic rings. The largest absolute Gasteiger partial charge is 0.493 e. The lowest BCUT2D eigenvalue weighted by atomic mass is 10.1. The van der Waals surface area contributed by atoms with Gasteiger partial charge in [0.05, 0.1) is 24.9 Å². The van der Waals surface area contributed by atoms with E-state index in [0.717, 1.165) is 0 Å². The molecular weight excluding hydrogens is 462 g/mol. The Hall–Kier alpha value is -4.24. The number of benzene rings is 2. The summed E-state index contributed by atoms with van der Waals surface area (Å²) in [5, 5.41) is 3.58. The smallest absolute Gasteiger partial charge is 0.222 e. The Morgan fingerprint density at radius 2 is 1.72 bits per heavy atom. The molecule has 0 unspecified atom stereocenters. The molecule has 0 saturated carbocycles. The topological polar surface area (TPSA) is 109 Å². The number of ketones is 2. The zero-order valence-corrected chi connectivity index (χ0v) is 19.9. The number of rotatable bonds is 9. The van der Waals surface area contributed by atoms with Gasteiger partial charge in [0.2, 0.25) is 11.6 Å².